The maximum Gasteiger partial charge on any atom is 0.215 e. The Bertz CT molecular complexity index is 548. The fourth-order valence-corrected chi connectivity index (χ4v) is 3.77. The van der Waals surface area contributed by atoms with E-state index in [1.807, 2.05) is 6.07 Å². The molecule has 1 aliphatic heterocycles. The van der Waals surface area contributed by atoms with Gasteiger partial charge in [-0.2, -0.15) is 0 Å². The molecule has 20 heavy (non-hydrogen) atoms. The predicted octanol–water partition coefficient (Wildman–Crippen LogP) is 0.604. The van der Waals surface area contributed by atoms with E-state index in [0.717, 1.165) is 24.3 Å². The average molecular weight is 299 g/mol. The predicted molar refractivity (Wildman–Crippen MR) is 77.1 cm³/mol. The van der Waals surface area contributed by atoms with Crippen molar-refractivity contribution in [2.75, 3.05) is 27.2 Å². The zero-order chi connectivity index (χ0) is 14.6. The molecule has 7 heteroatoms. The molecule has 6 nitrogen and oxygen atoms in total. The third kappa shape index (κ3) is 3.47. The van der Waals surface area contributed by atoms with Gasteiger partial charge >= 0.3 is 0 Å². The van der Waals surface area contributed by atoms with Gasteiger partial charge in [-0.05, 0) is 32.5 Å². The summed E-state index contributed by atoms with van der Waals surface area (Å²) in [5.41, 5.74) is 0.984. The minimum atomic E-state index is -3.20. The number of methoxy groups -OCH3 is 1. The molecule has 0 bridgehead atoms. The van der Waals surface area contributed by atoms with Crippen LogP contribution in [-0.4, -0.2) is 50.8 Å². The van der Waals surface area contributed by atoms with Crippen LogP contribution >= 0.6 is 0 Å². The zero-order valence-electron chi connectivity index (χ0n) is 11.9. The molecular formula is C13H21N3O3S. The van der Waals surface area contributed by atoms with Crippen molar-refractivity contribution >= 4 is 10.0 Å². The lowest BCUT2D eigenvalue weighted by atomic mass is 10.1. The largest absolute Gasteiger partial charge is 0.496 e. The molecule has 1 fully saturated rings. The van der Waals surface area contributed by atoms with E-state index in [1.54, 1.807) is 19.5 Å². The Morgan fingerprint density at radius 1 is 1.55 bits per heavy atom. The van der Waals surface area contributed by atoms with Crippen molar-refractivity contribution in [3.63, 3.8) is 0 Å². The van der Waals surface area contributed by atoms with Crippen LogP contribution in [0.15, 0.2) is 18.5 Å². The van der Waals surface area contributed by atoms with Gasteiger partial charge in [-0.3, -0.25) is 9.88 Å². The Hall–Kier alpha value is -1.18. The third-order valence-electron chi connectivity index (χ3n) is 3.66. The number of rotatable bonds is 5. The van der Waals surface area contributed by atoms with Crippen LogP contribution in [0.5, 0.6) is 5.75 Å². The Labute approximate surface area is 120 Å². The molecule has 0 aromatic carbocycles. The van der Waals surface area contributed by atoms with E-state index >= 15 is 0 Å². The molecule has 0 spiro atoms. The maximum absolute atomic E-state index is 11.9. The number of ether oxygens (including phenoxy) is 1. The molecule has 0 aliphatic carbocycles. The fraction of sp³-hybridized carbons (Fsp3) is 0.615. The van der Waals surface area contributed by atoms with Crippen LogP contribution in [-0.2, 0) is 16.6 Å². The topological polar surface area (TPSA) is 71.5 Å². The summed E-state index contributed by atoms with van der Waals surface area (Å²) in [7, 11) is -0.102. The van der Waals surface area contributed by atoms with E-state index in [1.165, 1.54) is 7.05 Å². The molecule has 2 rings (SSSR count). The van der Waals surface area contributed by atoms with Gasteiger partial charge in [-0.1, -0.05) is 0 Å². The van der Waals surface area contributed by atoms with Crippen molar-refractivity contribution in [3.05, 3.63) is 24.0 Å². The van der Waals surface area contributed by atoms with Crippen LogP contribution in [0.4, 0.5) is 0 Å². The molecule has 1 atom stereocenters. The SMILES string of the molecule is CNS(=O)(=O)C1CCCN(Cc2cnccc2OC)C1. The van der Waals surface area contributed by atoms with Crippen molar-refractivity contribution in [1.82, 2.24) is 14.6 Å². The standard InChI is InChI=1S/C13H21N3O3S/c1-14-20(17,18)12-4-3-7-16(10-12)9-11-8-15-6-5-13(11)19-2/h5-6,8,12,14H,3-4,7,9-10H2,1-2H3. The van der Waals surface area contributed by atoms with Crippen molar-refractivity contribution in [2.45, 2.75) is 24.6 Å². The second-order valence-corrected chi connectivity index (χ2v) is 7.10. The molecule has 1 saturated heterocycles. The van der Waals surface area contributed by atoms with E-state index in [2.05, 4.69) is 14.6 Å². The number of aromatic nitrogens is 1. The number of piperidine rings is 1. The highest BCUT2D eigenvalue weighted by Crippen LogP contribution is 2.22. The molecule has 2 heterocycles. The van der Waals surface area contributed by atoms with Gasteiger partial charge in [0, 0.05) is 31.0 Å². The van der Waals surface area contributed by atoms with Crippen LogP contribution in [0, 0.1) is 0 Å². The quantitative estimate of drug-likeness (QED) is 0.862. The molecule has 0 saturated carbocycles. The summed E-state index contributed by atoms with van der Waals surface area (Å²) in [6.07, 6.45) is 5.06. The summed E-state index contributed by atoms with van der Waals surface area (Å²) in [6, 6.07) is 1.82. The van der Waals surface area contributed by atoms with E-state index in [9.17, 15) is 8.42 Å². The van der Waals surface area contributed by atoms with Crippen molar-refractivity contribution in [2.24, 2.45) is 0 Å². The first-order chi connectivity index (χ1) is 9.56. The highest BCUT2D eigenvalue weighted by atomic mass is 32.2. The number of hydrogen-bond donors (Lipinski definition) is 1. The van der Waals surface area contributed by atoms with E-state index in [4.69, 9.17) is 4.74 Å². The van der Waals surface area contributed by atoms with E-state index in [0.29, 0.717) is 19.5 Å². The van der Waals surface area contributed by atoms with Crippen LogP contribution < -0.4 is 9.46 Å². The molecule has 0 radical (unpaired) electrons. The third-order valence-corrected chi connectivity index (χ3v) is 5.49. The maximum atomic E-state index is 11.9. The highest BCUT2D eigenvalue weighted by Gasteiger charge is 2.29. The average Bonchev–Trinajstić information content (AvgIpc) is 2.48. The molecular weight excluding hydrogens is 278 g/mol. The summed E-state index contributed by atoms with van der Waals surface area (Å²) in [5.74, 6) is 0.790. The zero-order valence-corrected chi connectivity index (χ0v) is 12.7. The lowest BCUT2D eigenvalue weighted by Gasteiger charge is -2.32. The minimum Gasteiger partial charge on any atom is -0.496 e. The summed E-state index contributed by atoms with van der Waals surface area (Å²) >= 11 is 0. The summed E-state index contributed by atoms with van der Waals surface area (Å²) < 4.78 is 31.5. The summed E-state index contributed by atoms with van der Waals surface area (Å²) in [4.78, 5) is 6.25. The summed E-state index contributed by atoms with van der Waals surface area (Å²) in [5, 5.41) is -0.344. The normalized spacial score (nSPS) is 20.8. The Morgan fingerprint density at radius 3 is 3.05 bits per heavy atom. The second kappa shape index (κ2) is 6.51. The molecule has 0 amide bonds. The van der Waals surface area contributed by atoms with Gasteiger partial charge in [-0.25, -0.2) is 13.1 Å². The van der Waals surface area contributed by atoms with Crippen LogP contribution in [0.25, 0.3) is 0 Å². The number of hydrogen-bond acceptors (Lipinski definition) is 5. The van der Waals surface area contributed by atoms with Crippen molar-refractivity contribution in [3.8, 4) is 5.75 Å². The molecule has 1 unspecified atom stereocenters. The van der Waals surface area contributed by atoms with Crippen molar-refractivity contribution < 1.29 is 13.2 Å². The summed E-state index contributed by atoms with van der Waals surface area (Å²) in [6.45, 7) is 2.10. The lowest BCUT2D eigenvalue weighted by Crippen LogP contribution is -2.45. The Balaban J connectivity index is 2.07. The van der Waals surface area contributed by atoms with Gasteiger partial charge in [0.1, 0.15) is 5.75 Å². The van der Waals surface area contributed by atoms with E-state index < -0.39 is 10.0 Å². The van der Waals surface area contributed by atoms with Gasteiger partial charge < -0.3 is 4.74 Å². The number of likely N-dealkylation sites (tertiary alicyclic amines) is 1. The molecule has 1 aromatic heterocycles. The smallest absolute Gasteiger partial charge is 0.215 e. The Morgan fingerprint density at radius 2 is 2.35 bits per heavy atom. The van der Waals surface area contributed by atoms with Crippen LogP contribution in [0.1, 0.15) is 18.4 Å². The van der Waals surface area contributed by atoms with Crippen LogP contribution in [0.2, 0.25) is 0 Å². The molecule has 1 aromatic rings. The minimum absolute atomic E-state index is 0.344. The van der Waals surface area contributed by atoms with Crippen LogP contribution in [0.3, 0.4) is 0 Å². The van der Waals surface area contributed by atoms with Crippen molar-refractivity contribution in [1.29, 1.82) is 0 Å². The first kappa shape index (κ1) is 15.2. The highest BCUT2D eigenvalue weighted by molar-refractivity contribution is 7.90. The second-order valence-electron chi connectivity index (χ2n) is 4.94. The number of nitrogens with zero attached hydrogens (tertiary/aromatic N) is 2. The van der Waals surface area contributed by atoms with Gasteiger partial charge in [-0.15, -0.1) is 0 Å². The fourth-order valence-electron chi connectivity index (χ4n) is 2.55. The monoisotopic (exact) mass is 299 g/mol. The molecule has 1 aliphatic rings. The number of sulfonamides is 1. The number of nitrogens with one attached hydrogen (secondary N) is 1. The van der Waals surface area contributed by atoms with Gasteiger partial charge in [0.05, 0.1) is 12.4 Å². The Kier molecular flexibility index (Phi) is 4.95. The molecule has 1 N–H and O–H groups in total. The molecule has 112 valence electrons. The number of pyridine rings is 1. The first-order valence-corrected chi connectivity index (χ1v) is 8.23. The van der Waals surface area contributed by atoms with Gasteiger partial charge in [0.2, 0.25) is 10.0 Å². The first-order valence-electron chi connectivity index (χ1n) is 6.68. The van der Waals surface area contributed by atoms with E-state index in [-0.39, 0.29) is 5.25 Å². The van der Waals surface area contributed by atoms with Gasteiger partial charge in [0.15, 0.2) is 0 Å². The van der Waals surface area contributed by atoms with Gasteiger partial charge in [0.25, 0.3) is 0 Å². The lowest BCUT2D eigenvalue weighted by molar-refractivity contribution is 0.219.